The number of pyridine rings is 1. The summed E-state index contributed by atoms with van der Waals surface area (Å²) in [5, 5.41) is 11.6. The lowest BCUT2D eigenvalue weighted by Crippen LogP contribution is -1.95. The van der Waals surface area contributed by atoms with Crippen LogP contribution in [0.1, 0.15) is 0 Å². The molecule has 0 saturated heterocycles. The van der Waals surface area contributed by atoms with Crippen LogP contribution in [0.2, 0.25) is 5.02 Å². The number of benzene rings is 2. The molecular formula is C15H11ClN2O2. The Hall–Kier alpha value is -2.46. The predicted molar refractivity (Wildman–Crippen MR) is 79.3 cm³/mol. The Bertz CT molecular complexity index is 770. The first-order valence-electron chi connectivity index (χ1n) is 5.95. The minimum absolute atomic E-state index is 0.141. The summed E-state index contributed by atoms with van der Waals surface area (Å²) in [5.74, 6) is 0.846. The van der Waals surface area contributed by atoms with Crippen LogP contribution in [0.4, 0.5) is 5.69 Å². The van der Waals surface area contributed by atoms with Crippen molar-refractivity contribution in [1.29, 1.82) is 0 Å². The lowest BCUT2D eigenvalue weighted by Gasteiger charge is -2.11. The van der Waals surface area contributed by atoms with Gasteiger partial charge >= 0.3 is 0 Å². The molecule has 3 aromatic rings. The Balaban J connectivity index is 2.13. The zero-order valence-electron chi connectivity index (χ0n) is 10.4. The fraction of sp³-hybridized carbons (Fsp3) is 0. The van der Waals surface area contributed by atoms with Crippen molar-refractivity contribution in [1.82, 2.24) is 4.98 Å². The largest absolute Gasteiger partial charge is 0.508 e. The van der Waals surface area contributed by atoms with E-state index in [1.54, 1.807) is 42.6 Å². The third-order valence-electron chi connectivity index (χ3n) is 2.91. The lowest BCUT2D eigenvalue weighted by atomic mass is 10.1. The molecule has 4 nitrogen and oxygen atoms in total. The molecule has 0 bridgehead atoms. The summed E-state index contributed by atoms with van der Waals surface area (Å²) in [6.45, 7) is 0. The summed E-state index contributed by atoms with van der Waals surface area (Å²) in [6, 6.07) is 11.9. The highest BCUT2D eigenvalue weighted by Gasteiger charge is 2.11. The summed E-state index contributed by atoms with van der Waals surface area (Å²) in [4.78, 5) is 4.18. The lowest BCUT2D eigenvalue weighted by molar-refractivity contribution is 0.467. The van der Waals surface area contributed by atoms with Gasteiger partial charge in [-0.2, -0.15) is 0 Å². The molecular weight excluding hydrogens is 276 g/mol. The molecule has 3 rings (SSSR count). The maximum absolute atomic E-state index is 9.60. The van der Waals surface area contributed by atoms with Gasteiger partial charge in [0.1, 0.15) is 5.75 Å². The first-order chi connectivity index (χ1) is 9.65. The number of halogens is 1. The van der Waals surface area contributed by atoms with Crippen LogP contribution < -0.4 is 10.5 Å². The number of nitrogens with zero attached hydrogens (tertiary/aromatic N) is 1. The monoisotopic (exact) mass is 286 g/mol. The maximum Gasteiger partial charge on any atom is 0.227 e. The summed E-state index contributed by atoms with van der Waals surface area (Å²) < 4.78 is 5.73. The van der Waals surface area contributed by atoms with Gasteiger partial charge in [-0.25, -0.2) is 4.98 Å². The van der Waals surface area contributed by atoms with Gasteiger partial charge in [-0.05, 0) is 35.7 Å². The highest BCUT2D eigenvalue weighted by atomic mass is 35.5. The van der Waals surface area contributed by atoms with Crippen LogP contribution in [0.5, 0.6) is 17.4 Å². The zero-order valence-corrected chi connectivity index (χ0v) is 11.1. The van der Waals surface area contributed by atoms with E-state index in [2.05, 4.69) is 4.98 Å². The third kappa shape index (κ3) is 2.21. The second-order valence-corrected chi connectivity index (χ2v) is 4.69. The molecule has 1 heterocycles. The van der Waals surface area contributed by atoms with E-state index in [-0.39, 0.29) is 5.75 Å². The van der Waals surface area contributed by atoms with Crippen molar-refractivity contribution in [3.05, 3.63) is 53.7 Å². The van der Waals surface area contributed by atoms with Crippen molar-refractivity contribution in [2.45, 2.75) is 0 Å². The number of ether oxygens (including phenoxy) is 1. The van der Waals surface area contributed by atoms with Gasteiger partial charge in [-0.3, -0.25) is 0 Å². The number of aromatic hydroxyl groups is 1. The van der Waals surface area contributed by atoms with Crippen LogP contribution in [0, 0.1) is 0 Å². The Morgan fingerprint density at radius 1 is 1.15 bits per heavy atom. The van der Waals surface area contributed by atoms with Crippen LogP contribution in [0.3, 0.4) is 0 Å². The first kappa shape index (κ1) is 12.6. The van der Waals surface area contributed by atoms with E-state index in [1.807, 2.05) is 6.07 Å². The quantitative estimate of drug-likeness (QED) is 0.700. The number of rotatable bonds is 2. The Morgan fingerprint density at radius 3 is 2.80 bits per heavy atom. The fourth-order valence-corrected chi connectivity index (χ4v) is 2.16. The van der Waals surface area contributed by atoms with Crippen LogP contribution in [0.25, 0.3) is 10.8 Å². The van der Waals surface area contributed by atoms with Crippen LogP contribution in [0.15, 0.2) is 48.7 Å². The number of phenolic OH excluding ortho intramolecular Hbond substituents is 1. The van der Waals surface area contributed by atoms with E-state index in [1.165, 1.54) is 0 Å². The van der Waals surface area contributed by atoms with Crippen molar-refractivity contribution in [2.75, 3.05) is 5.73 Å². The highest BCUT2D eigenvalue weighted by Crippen LogP contribution is 2.36. The number of aromatic nitrogens is 1. The van der Waals surface area contributed by atoms with E-state index in [4.69, 9.17) is 22.1 Å². The smallest absolute Gasteiger partial charge is 0.227 e. The van der Waals surface area contributed by atoms with Crippen molar-refractivity contribution >= 4 is 28.1 Å². The number of nitrogen functional groups attached to an aromatic ring is 1. The summed E-state index contributed by atoms with van der Waals surface area (Å²) >= 11 is 6.08. The zero-order chi connectivity index (χ0) is 14.1. The van der Waals surface area contributed by atoms with E-state index in [0.717, 1.165) is 5.39 Å². The molecule has 100 valence electrons. The average molecular weight is 287 g/mol. The fourth-order valence-electron chi connectivity index (χ4n) is 1.94. The van der Waals surface area contributed by atoms with E-state index in [0.29, 0.717) is 27.7 Å². The SMILES string of the molecule is Nc1cccc(Cl)c1Oc1nccc2ccc(O)cc12. The highest BCUT2D eigenvalue weighted by molar-refractivity contribution is 6.32. The molecule has 0 amide bonds. The number of nitrogens with two attached hydrogens (primary N) is 1. The molecule has 3 N–H and O–H groups in total. The van der Waals surface area contributed by atoms with Gasteiger partial charge in [0.05, 0.1) is 10.7 Å². The summed E-state index contributed by atoms with van der Waals surface area (Å²) in [6.07, 6.45) is 1.63. The molecule has 0 saturated carbocycles. The molecule has 2 aromatic carbocycles. The van der Waals surface area contributed by atoms with E-state index < -0.39 is 0 Å². The van der Waals surface area contributed by atoms with Crippen molar-refractivity contribution in [2.24, 2.45) is 0 Å². The van der Waals surface area contributed by atoms with Gasteiger partial charge in [-0.1, -0.05) is 23.7 Å². The van der Waals surface area contributed by atoms with Gasteiger partial charge in [0.15, 0.2) is 5.75 Å². The molecule has 0 unspecified atom stereocenters. The standard InChI is InChI=1S/C15H11ClN2O2/c16-12-2-1-3-13(17)14(12)20-15-11-8-10(19)5-4-9(11)6-7-18-15/h1-8,19H,17H2. The summed E-state index contributed by atoms with van der Waals surface area (Å²) in [7, 11) is 0. The van der Waals surface area contributed by atoms with Crippen molar-refractivity contribution in [3.63, 3.8) is 0 Å². The van der Waals surface area contributed by atoms with Crippen LogP contribution in [-0.4, -0.2) is 10.1 Å². The molecule has 0 aliphatic heterocycles. The second-order valence-electron chi connectivity index (χ2n) is 4.28. The molecule has 0 aliphatic rings. The average Bonchev–Trinajstić information content (AvgIpc) is 2.43. The normalized spacial score (nSPS) is 10.7. The number of hydrogen-bond acceptors (Lipinski definition) is 4. The van der Waals surface area contributed by atoms with Gasteiger partial charge in [0, 0.05) is 11.6 Å². The number of anilines is 1. The van der Waals surface area contributed by atoms with Crippen LogP contribution in [-0.2, 0) is 0 Å². The molecule has 20 heavy (non-hydrogen) atoms. The maximum atomic E-state index is 9.60. The third-order valence-corrected chi connectivity index (χ3v) is 3.21. The first-order valence-corrected chi connectivity index (χ1v) is 6.32. The molecule has 0 spiro atoms. The number of phenols is 1. The summed E-state index contributed by atoms with van der Waals surface area (Å²) in [5.41, 5.74) is 6.28. The van der Waals surface area contributed by atoms with Crippen LogP contribution >= 0.6 is 11.6 Å². The number of para-hydroxylation sites is 1. The van der Waals surface area contributed by atoms with Gasteiger partial charge in [-0.15, -0.1) is 0 Å². The molecule has 0 fully saturated rings. The Morgan fingerprint density at radius 2 is 2.00 bits per heavy atom. The Labute approximate surface area is 120 Å². The van der Waals surface area contributed by atoms with Gasteiger partial charge in [0.25, 0.3) is 0 Å². The number of fused-ring (bicyclic) bond motifs is 1. The minimum atomic E-state index is 0.141. The predicted octanol–water partition coefficient (Wildman–Crippen LogP) is 3.97. The van der Waals surface area contributed by atoms with E-state index >= 15 is 0 Å². The minimum Gasteiger partial charge on any atom is -0.508 e. The molecule has 0 atom stereocenters. The molecule has 0 radical (unpaired) electrons. The number of hydrogen-bond donors (Lipinski definition) is 2. The second kappa shape index (κ2) is 4.90. The van der Waals surface area contributed by atoms with Crippen molar-refractivity contribution < 1.29 is 9.84 Å². The van der Waals surface area contributed by atoms with Crippen molar-refractivity contribution in [3.8, 4) is 17.4 Å². The van der Waals surface area contributed by atoms with Gasteiger partial charge < -0.3 is 15.6 Å². The molecule has 1 aromatic heterocycles. The molecule has 0 aliphatic carbocycles. The molecule has 5 heteroatoms. The topological polar surface area (TPSA) is 68.4 Å². The Kier molecular flexibility index (Phi) is 3.08. The van der Waals surface area contributed by atoms with Gasteiger partial charge in [0.2, 0.25) is 5.88 Å². The van der Waals surface area contributed by atoms with E-state index in [9.17, 15) is 5.11 Å².